The van der Waals surface area contributed by atoms with Crippen LogP contribution < -0.4 is 11.1 Å². The Morgan fingerprint density at radius 3 is 2.86 bits per heavy atom. The standard InChI is InChI=1S/C9H13FN2O2/c10-6-1-2-8(11)9(3-6)12-4-7(14)5-13/h1-3,7,12-14H,4-5,11H2. The fourth-order valence-electron chi connectivity index (χ4n) is 0.974. The number of hydrogen-bond acceptors (Lipinski definition) is 4. The zero-order valence-electron chi connectivity index (χ0n) is 7.57. The third-order valence-electron chi connectivity index (χ3n) is 1.75. The van der Waals surface area contributed by atoms with Crippen LogP contribution in [0.2, 0.25) is 0 Å². The van der Waals surface area contributed by atoms with Gasteiger partial charge in [-0.3, -0.25) is 0 Å². The summed E-state index contributed by atoms with van der Waals surface area (Å²) in [5.41, 5.74) is 6.36. The lowest BCUT2D eigenvalue weighted by Crippen LogP contribution is -2.23. The molecule has 0 aliphatic rings. The minimum Gasteiger partial charge on any atom is -0.397 e. The van der Waals surface area contributed by atoms with Crippen LogP contribution in [0.5, 0.6) is 0 Å². The van der Waals surface area contributed by atoms with Crippen LogP contribution in [0, 0.1) is 5.82 Å². The van der Waals surface area contributed by atoms with E-state index in [1.54, 1.807) is 0 Å². The summed E-state index contributed by atoms with van der Waals surface area (Å²) in [6.07, 6.45) is -0.877. The van der Waals surface area contributed by atoms with Crippen molar-refractivity contribution in [2.75, 3.05) is 24.2 Å². The average molecular weight is 200 g/mol. The van der Waals surface area contributed by atoms with Gasteiger partial charge >= 0.3 is 0 Å². The fraction of sp³-hybridized carbons (Fsp3) is 0.333. The molecule has 14 heavy (non-hydrogen) atoms. The zero-order valence-corrected chi connectivity index (χ0v) is 7.57. The lowest BCUT2D eigenvalue weighted by atomic mass is 10.2. The largest absolute Gasteiger partial charge is 0.397 e. The molecular formula is C9H13FN2O2. The zero-order chi connectivity index (χ0) is 10.6. The van der Waals surface area contributed by atoms with E-state index in [1.807, 2.05) is 0 Å². The van der Waals surface area contributed by atoms with Gasteiger partial charge in [-0.05, 0) is 18.2 Å². The number of aliphatic hydroxyl groups excluding tert-OH is 2. The predicted octanol–water partition coefficient (Wildman–Crippen LogP) is 0.173. The Bertz CT molecular complexity index is 307. The molecule has 0 spiro atoms. The van der Waals surface area contributed by atoms with Gasteiger partial charge in [-0.25, -0.2) is 4.39 Å². The van der Waals surface area contributed by atoms with Gasteiger partial charge in [0.15, 0.2) is 0 Å². The molecule has 0 radical (unpaired) electrons. The first-order chi connectivity index (χ1) is 6.63. The van der Waals surface area contributed by atoms with Crippen molar-refractivity contribution in [3.05, 3.63) is 24.0 Å². The highest BCUT2D eigenvalue weighted by Gasteiger charge is 2.04. The molecule has 5 N–H and O–H groups in total. The molecule has 0 aromatic heterocycles. The molecule has 5 heteroatoms. The summed E-state index contributed by atoms with van der Waals surface area (Å²) in [6, 6.07) is 3.92. The minimum atomic E-state index is -0.877. The Kier molecular flexibility index (Phi) is 3.67. The van der Waals surface area contributed by atoms with Crippen LogP contribution in [0.3, 0.4) is 0 Å². The van der Waals surface area contributed by atoms with Gasteiger partial charge in [-0.2, -0.15) is 0 Å². The molecule has 1 atom stereocenters. The highest BCUT2D eigenvalue weighted by molar-refractivity contribution is 5.65. The molecule has 1 aromatic carbocycles. The molecule has 0 amide bonds. The Hall–Kier alpha value is -1.33. The van der Waals surface area contributed by atoms with E-state index in [1.165, 1.54) is 18.2 Å². The third-order valence-corrected chi connectivity index (χ3v) is 1.75. The van der Waals surface area contributed by atoms with Gasteiger partial charge in [0.2, 0.25) is 0 Å². The molecule has 0 saturated heterocycles. The van der Waals surface area contributed by atoms with Gasteiger partial charge in [0, 0.05) is 6.54 Å². The van der Waals surface area contributed by atoms with E-state index >= 15 is 0 Å². The van der Waals surface area contributed by atoms with Crippen molar-refractivity contribution in [3.63, 3.8) is 0 Å². The summed E-state index contributed by atoms with van der Waals surface area (Å²) in [4.78, 5) is 0. The second-order valence-corrected chi connectivity index (χ2v) is 2.95. The Morgan fingerprint density at radius 2 is 2.21 bits per heavy atom. The number of aliphatic hydroxyl groups is 2. The molecule has 4 nitrogen and oxygen atoms in total. The molecular weight excluding hydrogens is 187 g/mol. The van der Waals surface area contributed by atoms with Crippen molar-refractivity contribution in [1.29, 1.82) is 0 Å². The van der Waals surface area contributed by atoms with Crippen LogP contribution in [-0.4, -0.2) is 29.5 Å². The number of rotatable bonds is 4. The van der Waals surface area contributed by atoms with Crippen LogP contribution in [0.4, 0.5) is 15.8 Å². The van der Waals surface area contributed by atoms with Crippen LogP contribution in [0.1, 0.15) is 0 Å². The summed E-state index contributed by atoms with van der Waals surface area (Å²) in [6.45, 7) is -0.216. The second kappa shape index (κ2) is 4.78. The molecule has 0 aliphatic heterocycles. The molecule has 1 rings (SSSR count). The number of nitrogens with one attached hydrogen (secondary N) is 1. The maximum absolute atomic E-state index is 12.7. The van der Waals surface area contributed by atoms with Crippen LogP contribution in [-0.2, 0) is 0 Å². The second-order valence-electron chi connectivity index (χ2n) is 2.95. The summed E-state index contributed by atoms with van der Waals surface area (Å²) >= 11 is 0. The minimum absolute atomic E-state index is 0.129. The first-order valence-corrected chi connectivity index (χ1v) is 4.21. The van der Waals surface area contributed by atoms with Gasteiger partial charge in [-0.1, -0.05) is 0 Å². The number of nitrogens with two attached hydrogens (primary N) is 1. The van der Waals surface area contributed by atoms with Crippen molar-refractivity contribution in [2.24, 2.45) is 0 Å². The SMILES string of the molecule is Nc1ccc(F)cc1NCC(O)CO. The van der Waals surface area contributed by atoms with E-state index in [0.717, 1.165) is 0 Å². The Morgan fingerprint density at radius 1 is 1.50 bits per heavy atom. The normalized spacial score (nSPS) is 12.5. The van der Waals surface area contributed by atoms with Crippen LogP contribution in [0.15, 0.2) is 18.2 Å². The number of benzene rings is 1. The van der Waals surface area contributed by atoms with Crippen molar-refractivity contribution in [2.45, 2.75) is 6.10 Å². The van der Waals surface area contributed by atoms with Gasteiger partial charge in [0.1, 0.15) is 5.82 Å². The average Bonchev–Trinajstić information content (AvgIpc) is 2.19. The molecule has 0 bridgehead atoms. The summed E-state index contributed by atoms with van der Waals surface area (Å²) in [5.74, 6) is -0.403. The van der Waals surface area contributed by atoms with Crippen molar-refractivity contribution >= 4 is 11.4 Å². The first kappa shape index (κ1) is 10.7. The smallest absolute Gasteiger partial charge is 0.125 e. The molecule has 0 heterocycles. The van der Waals surface area contributed by atoms with Crippen molar-refractivity contribution in [3.8, 4) is 0 Å². The maximum atomic E-state index is 12.7. The van der Waals surface area contributed by atoms with E-state index < -0.39 is 11.9 Å². The molecule has 1 aromatic rings. The first-order valence-electron chi connectivity index (χ1n) is 4.21. The van der Waals surface area contributed by atoms with Gasteiger partial charge in [0.25, 0.3) is 0 Å². The number of anilines is 2. The summed E-state index contributed by atoms with van der Waals surface area (Å²) in [7, 11) is 0. The Balaban J connectivity index is 2.62. The Labute approximate surface area is 81.2 Å². The van der Waals surface area contributed by atoms with Crippen molar-refractivity contribution < 1.29 is 14.6 Å². The molecule has 0 fully saturated rings. The molecule has 78 valence electrons. The summed E-state index contributed by atoms with van der Waals surface area (Å²) in [5, 5.41) is 20.3. The third kappa shape index (κ3) is 2.86. The van der Waals surface area contributed by atoms with Crippen molar-refractivity contribution in [1.82, 2.24) is 0 Å². The highest BCUT2D eigenvalue weighted by Crippen LogP contribution is 2.18. The number of halogens is 1. The monoisotopic (exact) mass is 200 g/mol. The van der Waals surface area contributed by atoms with E-state index in [0.29, 0.717) is 11.4 Å². The van der Waals surface area contributed by atoms with E-state index in [2.05, 4.69) is 5.32 Å². The topological polar surface area (TPSA) is 78.5 Å². The van der Waals surface area contributed by atoms with E-state index in [9.17, 15) is 4.39 Å². The lowest BCUT2D eigenvalue weighted by Gasteiger charge is -2.11. The molecule has 0 aliphatic carbocycles. The fourth-order valence-corrected chi connectivity index (χ4v) is 0.974. The molecule has 1 unspecified atom stereocenters. The quantitative estimate of drug-likeness (QED) is 0.522. The van der Waals surface area contributed by atoms with E-state index in [4.69, 9.17) is 15.9 Å². The lowest BCUT2D eigenvalue weighted by molar-refractivity contribution is 0.105. The number of nitrogen functional groups attached to an aromatic ring is 1. The van der Waals surface area contributed by atoms with E-state index in [-0.39, 0.29) is 13.2 Å². The molecule has 0 saturated carbocycles. The summed E-state index contributed by atoms with van der Waals surface area (Å²) < 4.78 is 12.7. The number of hydrogen-bond donors (Lipinski definition) is 4. The van der Waals surface area contributed by atoms with Crippen LogP contribution >= 0.6 is 0 Å². The van der Waals surface area contributed by atoms with Crippen LogP contribution in [0.25, 0.3) is 0 Å². The van der Waals surface area contributed by atoms with Gasteiger partial charge < -0.3 is 21.3 Å². The predicted molar refractivity (Wildman–Crippen MR) is 52.4 cm³/mol. The highest BCUT2D eigenvalue weighted by atomic mass is 19.1. The maximum Gasteiger partial charge on any atom is 0.125 e. The van der Waals surface area contributed by atoms with Gasteiger partial charge in [0.05, 0.1) is 24.1 Å². The van der Waals surface area contributed by atoms with Gasteiger partial charge in [-0.15, -0.1) is 0 Å².